The van der Waals surface area contributed by atoms with Crippen molar-refractivity contribution in [1.82, 2.24) is 0 Å². The molecule has 6 nitrogen and oxygen atoms in total. The van der Waals surface area contributed by atoms with Gasteiger partial charge in [0, 0.05) is 17.9 Å². The van der Waals surface area contributed by atoms with E-state index in [9.17, 15) is 14.7 Å². The molecule has 1 spiro atoms. The van der Waals surface area contributed by atoms with E-state index in [4.69, 9.17) is 13.9 Å². The van der Waals surface area contributed by atoms with Crippen LogP contribution in [0, 0.1) is 17.3 Å². The summed E-state index contributed by atoms with van der Waals surface area (Å²) in [6.07, 6.45) is 4.11. The Hall–Kier alpha value is -2.08. The Balaban J connectivity index is 1.61. The van der Waals surface area contributed by atoms with Gasteiger partial charge in [-0.25, -0.2) is 4.79 Å². The van der Waals surface area contributed by atoms with Gasteiger partial charge in [0.1, 0.15) is 12.2 Å². The highest BCUT2D eigenvalue weighted by atomic mass is 16.6. The molecule has 3 heterocycles. The Morgan fingerprint density at radius 2 is 2.04 bits per heavy atom. The van der Waals surface area contributed by atoms with E-state index in [1.807, 2.05) is 13.0 Å². The Kier molecular flexibility index (Phi) is 3.02. The number of rotatable bonds is 1. The lowest BCUT2D eigenvalue weighted by Crippen LogP contribution is -2.50. The van der Waals surface area contributed by atoms with E-state index < -0.39 is 17.5 Å². The summed E-state index contributed by atoms with van der Waals surface area (Å²) in [5.74, 6) is -0.676. The predicted octanol–water partition coefficient (Wildman–Crippen LogP) is 2.29. The van der Waals surface area contributed by atoms with Gasteiger partial charge in [-0.2, -0.15) is 0 Å². The molecule has 0 unspecified atom stereocenters. The lowest BCUT2D eigenvalue weighted by molar-refractivity contribution is -0.156. The normalized spacial score (nSPS) is 42.6. The molecule has 2 aliphatic carbocycles. The number of aliphatic hydroxyl groups is 1. The topological polar surface area (TPSA) is 86.0 Å². The number of aliphatic hydroxyl groups excluding tert-OH is 1. The van der Waals surface area contributed by atoms with Crippen molar-refractivity contribution in [3.63, 3.8) is 0 Å². The first kappa shape index (κ1) is 15.2. The molecule has 1 aromatic heterocycles. The van der Waals surface area contributed by atoms with Gasteiger partial charge in [0.25, 0.3) is 0 Å². The molecule has 5 rings (SSSR count). The highest BCUT2D eigenvalue weighted by Gasteiger charge is 2.64. The molecule has 6 atom stereocenters. The highest BCUT2D eigenvalue weighted by molar-refractivity contribution is 5.95. The van der Waals surface area contributed by atoms with Gasteiger partial charge in [-0.3, -0.25) is 4.79 Å². The van der Waals surface area contributed by atoms with E-state index >= 15 is 0 Å². The summed E-state index contributed by atoms with van der Waals surface area (Å²) in [7, 11) is 0. The number of hydrogen-bond acceptors (Lipinski definition) is 6. The summed E-state index contributed by atoms with van der Waals surface area (Å²) < 4.78 is 16.4. The number of esters is 2. The third kappa shape index (κ3) is 1.83. The molecular formula is C19H20O6. The Morgan fingerprint density at radius 1 is 1.20 bits per heavy atom. The van der Waals surface area contributed by atoms with E-state index in [1.54, 1.807) is 12.5 Å². The minimum Gasteiger partial charge on any atom is -0.472 e. The summed E-state index contributed by atoms with van der Waals surface area (Å²) in [5, 5.41) is 10.3. The highest BCUT2D eigenvalue weighted by Crippen LogP contribution is 2.62. The smallest absolute Gasteiger partial charge is 0.337 e. The van der Waals surface area contributed by atoms with E-state index in [0.717, 1.165) is 11.1 Å². The molecule has 2 fully saturated rings. The first-order valence-corrected chi connectivity index (χ1v) is 8.88. The van der Waals surface area contributed by atoms with Crippen molar-refractivity contribution >= 4 is 11.9 Å². The van der Waals surface area contributed by atoms with Gasteiger partial charge >= 0.3 is 11.9 Å². The second-order valence-corrected chi connectivity index (χ2v) is 7.74. The fourth-order valence-corrected chi connectivity index (χ4v) is 5.50. The molecule has 0 radical (unpaired) electrons. The van der Waals surface area contributed by atoms with Crippen LogP contribution in [-0.4, -0.2) is 29.3 Å². The Labute approximate surface area is 144 Å². The standard InChI is InChI=1S/C19H20O6/c1-9-6-13-15-11(2-3-12(20)16(15)17(21)24-13)19(9)7-14(25-18(19)22)10-4-5-23-8-10/h4-5,8-9,11-14,20H,2-3,6-7H2,1H3/t9-,11-,12+,13-,14-,19-/m0/s1. The van der Waals surface area contributed by atoms with Crippen LogP contribution in [0.1, 0.15) is 44.3 Å². The average Bonchev–Trinajstić information content (AvgIpc) is 3.27. The second kappa shape index (κ2) is 4.97. The monoisotopic (exact) mass is 344 g/mol. The van der Waals surface area contributed by atoms with Crippen molar-refractivity contribution in [2.75, 3.05) is 0 Å². The SMILES string of the molecule is C[C@H]1C[C@@H]2OC(=O)C3=C2[C@H](CC[C@H]3O)[C@]12C[C@@H](c1ccoc1)OC2=O. The van der Waals surface area contributed by atoms with Crippen LogP contribution in [0.15, 0.2) is 34.2 Å². The van der Waals surface area contributed by atoms with Gasteiger partial charge in [-0.05, 0) is 36.8 Å². The summed E-state index contributed by atoms with van der Waals surface area (Å²) in [4.78, 5) is 25.3. The summed E-state index contributed by atoms with van der Waals surface area (Å²) in [5.41, 5.74) is 1.45. The molecule has 1 N–H and O–H groups in total. The van der Waals surface area contributed by atoms with E-state index in [2.05, 4.69) is 0 Å². The first-order chi connectivity index (χ1) is 12.0. The van der Waals surface area contributed by atoms with E-state index in [1.165, 1.54) is 0 Å². The molecule has 25 heavy (non-hydrogen) atoms. The molecule has 6 heteroatoms. The third-order valence-electron chi connectivity index (χ3n) is 6.70. The quantitative estimate of drug-likeness (QED) is 0.787. The van der Waals surface area contributed by atoms with Gasteiger partial charge in [0.15, 0.2) is 0 Å². The molecule has 2 aliphatic heterocycles. The van der Waals surface area contributed by atoms with Crippen LogP contribution in [-0.2, 0) is 19.1 Å². The van der Waals surface area contributed by atoms with Crippen molar-refractivity contribution in [3.8, 4) is 0 Å². The molecule has 1 saturated carbocycles. The van der Waals surface area contributed by atoms with Crippen LogP contribution in [0.5, 0.6) is 0 Å². The fourth-order valence-electron chi connectivity index (χ4n) is 5.50. The van der Waals surface area contributed by atoms with Crippen LogP contribution >= 0.6 is 0 Å². The zero-order chi connectivity index (χ0) is 17.3. The molecule has 1 saturated heterocycles. The van der Waals surface area contributed by atoms with Crippen LogP contribution < -0.4 is 0 Å². The van der Waals surface area contributed by atoms with Crippen molar-refractivity contribution < 1.29 is 28.6 Å². The number of ether oxygens (including phenoxy) is 2. The molecule has 1 aromatic rings. The zero-order valence-corrected chi connectivity index (χ0v) is 13.9. The van der Waals surface area contributed by atoms with Crippen LogP contribution in [0.25, 0.3) is 0 Å². The number of cyclic esters (lactones) is 1. The van der Waals surface area contributed by atoms with Crippen molar-refractivity contribution in [2.24, 2.45) is 17.3 Å². The van der Waals surface area contributed by atoms with Crippen LogP contribution in [0.4, 0.5) is 0 Å². The number of fused-ring (bicyclic) bond motifs is 1. The third-order valence-corrected chi connectivity index (χ3v) is 6.70. The van der Waals surface area contributed by atoms with Gasteiger partial charge < -0.3 is 19.0 Å². The van der Waals surface area contributed by atoms with Gasteiger partial charge in [0.05, 0.1) is 29.6 Å². The molecule has 4 aliphatic rings. The largest absolute Gasteiger partial charge is 0.472 e. The Bertz CT molecular complexity index is 778. The van der Waals surface area contributed by atoms with Gasteiger partial charge in [0.2, 0.25) is 0 Å². The maximum Gasteiger partial charge on any atom is 0.337 e. The minimum absolute atomic E-state index is 0.0399. The van der Waals surface area contributed by atoms with Gasteiger partial charge in [-0.1, -0.05) is 6.92 Å². The van der Waals surface area contributed by atoms with Crippen molar-refractivity contribution in [2.45, 2.75) is 50.9 Å². The molecular weight excluding hydrogens is 324 g/mol. The van der Waals surface area contributed by atoms with Crippen LogP contribution in [0.3, 0.4) is 0 Å². The van der Waals surface area contributed by atoms with Crippen LogP contribution in [0.2, 0.25) is 0 Å². The van der Waals surface area contributed by atoms with Crippen molar-refractivity contribution in [3.05, 3.63) is 35.3 Å². The summed E-state index contributed by atoms with van der Waals surface area (Å²) >= 11 is 0. The maximum absolute atomic E-state index is 13.1. The average molecular weight is 344 g/mol. The number of hydrogen-bond donors (Lipinski definition) is 1. The first-order valence-electron chi connectivity index (χ1n) is 8.88. The number of furan rings is 1. The number of carbonyl (C=O) groups excluding carboxylic acids is 2. The van der Waals surface area contributed by atoms with E-state index in [0.29, 0.717) is 31.3 Å². The molecule has 0 amide bonds. The summed E-state index contributed by atoms with van der Waals surface area (Å²) in [6, 6.07) is 1.82. The molecule has 0 aromatic carbocycles. The second-order valence-electron chi connectivity index (χ2n) is 7.74. The molecule has 132 valence electrons. The fraction of sp³-hybridized carbons (Fsp3) is 0.579. The number of carbonyl (C=O) groups is 2. The minimum atomic E-state index is -0.781. The van der Waals surface area contributed by atoms with E-state index in [-0.39, 0.29) is 30.0 Å². The molecule has 0 bridgehead atoms. The lowest BCUT2D eigenvalue weighted by Gasteiger charge is -2.47. The van der Waals surface area contributed by atoms with Gasteiger partial charge in [-0.15, -0.1) is 0 Å². The lowest BCUT2D eigenvalue weighted by atomic mass is 9.53. The zero-order valence-electron chi connectivity index (χ0n) is 13.9. The Morgan fingerprint density at radius 3 is 2.80 bits per heavy atom. The maximum atomic E-state index is 13.1. The van der Waals surface area contributed by atoms with Crippen molar-refractivity contribution in [1.29, 1.82) is 0 Å². The summed E-state index contributed by atoms with van der Waals surface area (Å²) in [6.45, 7) is 2.05. The predicted molar refractivity (Wildman–Crippen MR) is 84.0 cm³/mol.